The molecule has 0 fully saturated rings. The van der Waals surface area contributed by atoms with Crippen LogP contribution in [0.1, 0.15) is 6.92 Å². The lowest BCUT2D eigenvalue weighted by molar-refractivity contribution is -0.112. The van der Waals surface area contributed by atoms with Crippen molar-refractivity contribution in [3.05, 3.63) is 18.2 Å². The van der Waals surface area contributed by atoms with Crippen LogP contribution in [0, 0.1) is 0 Å². The van der Waals surface area contributed by atoms with Crippen LogP contribution in [0.15, 0.2) is 23.1 Å². The van der Waals surface area contributed by atoms with E-state index in [0.29, 0.717) is 5.69 Å². The Kier molecular flexibility index (Phi) is 1.97. The SMILES string of the molecule is CC1Nc2cccc(N)c2S(=O)(=O)C1=O. The number of hydrogen-bond donors (Lipinski definition) is 2. The van der Waals surface area contributed by atoms with Gasteiger partial charge in [-0.1, -0.05) is 6.07 Å². The van der Waals surface area contributed by atoms with Gasteiger partial charge in [-0.15, -0.1) is 0 Å². The molecule has 2 rings (SSSR count). The Morgan fingerprint density at radius 3 is 2.73 bits per heavy atom. The number of fused-ring (bicyclic) bond motifs is 1. The molecule has 0 saturated heterocycles. The quantitative estimate of drug-likeness (QED) is 0.624. The largest absolute Gasteiger partial charge is 0.398 e. The number of anilines is 2. The van der Waals surface area contributed by atoms with Crippen molar-refractivity contribution in [3.63, 3.8) is 0 Å². The van der Waals surface area contributed by atoms with Gasteiger partial charge in [-0.2, -0.15) is 0 Å². The van der Waals surface area contributed by atoms with E-state index in [1.165, 1.54) is 13.0 Å². The molecule has 3 N–H and O–H groups in total. The van der Waals surface area contributed by atoms with Crippen molar-refractivity contribution in [2.45, 2.75) is 17.9 Å². The highest BCUT2D eigenvalue weighted by Crippen LogP contribution is 2.33. The average Bonchev–Trinajstić information content (AvgIpc) is 2.14. The van der Waals surface area contributed by atoms with Gasteiger partial charge in [0.2, 0.25) is 9.84 Å². The monoisotopic (exact) mass is 226 g/mol. The predicted molar refractivity (Wildman–Crippen MR) is 56.1 cm³/mol. The fourth-order valence-corrected chi connectivity index (χ4v) is 3.11. The van der Waals surface area contributed by atoms with E-state index in [1.807, 2.05) is 0 Å². The fourth-order valence-electron chi connectivity index (χ4n) is 1.59. The van der Waals surface area contributed by atoms with Crippen molar-refractivity contribution in [2.24, 2.45) is 0 Å². The maximum atomic E-state index is 11.8. The van der Waals surface area contributed by atoms with E-state index in [-0.39, 0.29) is 10.6 Å². The summed E-state index contributed by atoms with van der Waals surface area (Å²) in [6.07, 6.45) is 0. The average molecular weight is 226 g/mol. The van der Waals surface area contributed by atoms with Gasteiger partial charge in [-0.05, 0) is 19.1 Å². The third-order valence-corrected chi connectivity index (χ3v) is 4.18. The predicted octanol–water partition coefficient (Wildman–Crippen LogP) is 0.383. The molecule has 0 bridgehead atoms. The van der Waals surface area contributed by atoms with Crippen LogP contribution in [0.3, 0.4) is 0 Å². The standard InChI is InChI=1S/C9H10N2O3S/c1-5-9(12)15(13,14)8-6(10)3-2-4-7(8)11-5/h2-5,11H,10H2,1H3. The Labute approximate surface area is 87.2 Å². The van der Waals surface area contributed by atoms with E-state index in [4.69, 9.17) is 5.73 Å². The van der Waals surface area contributed by atoms with Gasteiger partial charge in [0.15, 0.2) is 0 Å². The van der Waals surface area contributed by atoms with Crippen LogP contribution in [0.25, 0.3) is 0 Å². The Hall–Kier alpha value is -1.56. The maximum Gasteiger partial charge on any atom is 0.273 e. The Balaban J connectivity index is 2.80. The molecular weight excluding hydrogens is 216 g/mol. The molecule has 1 atom stereocenters. The Bertz CT molecular complexity index is 536. The topological polar surface area (TPSA) is 89.3 Å². The molecule has 1 aromatic carbocycles. The summed E-state index contributed by atoms with van der Waals surface area (Å²) >= 11 is 0. The van der Waals surface area contributed by atoms with E-state index < -0.39 is 21.0 Å². The summed E-state index contributed by atoms with van der Waals surface area (Å²) in [5, 5.41) is 1.96. The summed E-state index contributed by atoms with van der Waals surface area (Å²) in [6.45, 7) is 1.51. The zero-order valence-corrected chi connectivity index (χ0v) is 8.84. The smallest absolute Gasteiger partial charge is 0.273 e. The minimum absolute atomic E-state index is 0.0975. The van der Waals surface area contributed by atoms with Gasteiger partial charge in [-0.25, -0.2) is 8.42 Å². The van der Waals surface area contributed by atoms with Crippen LogP contribution in [0.2, 0.25) is 0 Å². The molecule has 1 heterocycles. The van der Waals surface area contributed by atoms with Crippen molar-refractivity contribution in [1.29, 1.82) is 0 Å². The molecule has 1 aliphatic heterocycles. The molecular formula is C9H10N2O3S. The first-order chi connectivity index (χ1) is 6.94. The third kappa shape index (κ3) is 1.29. The number of nitrogens with two attached hydrogens (primary N) is 1. The van der Waals surface area contributed by atoms with E-state index in [9.17, 15) is 13.2 Å². The highest BCUT2D eigenvalue weighted by molar-refractivity contribution is 8.06. The van der Waals surface area contributed by atoms with Crippen molar-refractivity contribution in [3.8, 4) is 0 Å². The van der Waals surface area contributed by atoms with Crippen LogP contribution < -0.4 is 11.1 Å². The van der Waals surface area contributed by atoms with Gasteiger partial charge in [0.05, 0.1) is 17.4 Å². The molecule has 1 unspecified atom stereocenters. The Morgan fingerprint density at radius 2 is 2.07 bits per heavy atom. The number of benzene rings is 1. The number of nitrogens with one attached hydrogen (secondary N) is 1. The van der Waals surface area contributed by atoms with Gasteiger partial charge in [0.25, 0.3) is 5.12 Å². The summed E-state index contributed by atoms with van der Waals surface area (Å²) < 4.78 is 23.5. The molecule has 15 heavy (non-hydrogen) atoms. The van der Waals surface area contributed by atoms with Crippen molar-refractivity contribution in [1.82, 2.24) is 0 Å². The van der Waals surface area contributed by atoms with Crippen LogP contribution in [0.5, 0.6) is 0 Å². The molecule has 0 amide bonds. The normalized spacial score (nSPS) is 23.0. The maximum absolute atomic E-state index is 11.8. The van der Waals surface area contributed by atoms with E-state index in [2.05, 4.69) is 5.32 Å². The van der Waals surface area contributed by atoms with Gasteiger partial charge in [0.1, 0.15) is 4.90 Å². The van der Waals surface area contributed by atoms with E-state index in [1.54, 1.807) is 12.1 Å². The molecule has 0 aliphatic carbocycles. The zero-order chi connectivity index (χ0) is 11.2. The first-order valence-corrected chi connectivity index (χ1v) is 5.87. The molecule has 0 radical (unpaired) electrons. The lowest BCUT2D eigenvalue weighted by atomic mass is 10.2. The Morgan fingerprint density at radius 1 is 1.40 bits per heavy atom. The second kappa shape index (κ2) is 2.96. The van der Waals surface area contributed by atoms with Crippen LogP contribution in [0.4, 0.5) is 11.4 Å². The minimum Gasteiger partial charge on any atom is -0.398 e. The van der Waals surface area contributed by atoms with Gasteiger partial charge in [-0.3, -0.25) is 4.79 Å². The number of rotatable bonds is 0. The molecule has 1 aliphatic rings. The van der Waals surface area contributed by atoms with Gasteiger partial charge < -0.3 is 11.1 Å². The summed E-state index contributed by atoms with van der Waals surface area (Å²) in [6, 6.07) is 3.96. The summed E-state index contributed by atoms with van der Waals surface area (Å²) in [4.78, 5) is 11.4. The molecule has 80 valence electrons. The van der Waals surface area contributed by atoms with Gasteiger partial charge in [0, 0.05) is 0 Å². The first kappa shape index (κ1) is 9.97. The lowest BCUT2D eigenvalue weighted by Gasteiger charge is -2.23. The van der Waals surface area contributed by atoms with Crippen molar-refractivity contribution >= 4 is 26.3 Å². The van der Waals surface area contributed by atoms with Crippen LogP contribution in [-0.2, 0) is 14.6 Å². The number of carbonyl (C=O) groups excluding carboxylic acids is 1. The molecule has 0 spiro atoms. The van der Waals surface area contributed by atoms with Crippen molar-refractivity contribution < 1.29 is 13.2 Å². The molecule has 0 aromatic heterocycles. The number of hydrogen-bond acceptors (Lipinski definition) is 5. The summed E-state index contributed by atoms with van der Waals surface area (Å²) in [5.74, 6) is 0. The third-order valence-electron chi connectivity index (χ3n) is 2.30. The zero-order valence-electron chi connectivity index (χ0n) is 8.02. The second-order valence-corrected chi connectivity index (χ2v) is 5.23. The number of sulfone groups is 1. The number of nitrogen functional groups attached to an aromatic ring is 1. The van der Waals surface area contributed by atoms with E-state index >= 15 is 0 Å². The first-order valence-electron chi connectivity index (χ1n) is 4.38. The molecule has 6 heteroatoms. The molecule has 5 nitrogen and oxygen atoms in total. The highest BCUT2D eigenvalue weighted by atomic mass is 32.2. The minimum atomic E-state index is -3.93. The van der Waals surface area contributed by atoms with Crippen LogP contribution >= 0.6 is 0 Å². The summed E-state index contributed by atoms with van der Waals surface area (Å²) in [7, 11) is -3.93. The molecule has 1 aromatic rings. The highest BCUT2D eigenvalue weighted by Gasteiger charge is 2.38. The lowest BCUT2D eigenvalue weighted by Crippen LogP contribution is -2.37. The van der Waals surface area contributed by atoms with Crippen molar-refractivity contribution in [2.75, 3.05) is 11.1 Å². The molecule has 0 saturated carbocycles. The van der Waals surface area contributed by atoms with E-state index in [0.717, 1.165) is 0 Å². The van der Waals surface area contributed by atoms with Gasteiger partial charge >= 0.3 is 0 Å². The number of carbonyl (C=O) groups is 1. The fraction of sp³-hybridized carbons (Fsp3) is 0.222. The second-order valence-electron chi connectivity index (χ2n) is 3.41. The summed E-state index contributed by atoms with van der Waals surface area (Å²) in [5.41, 5.74) is 6.04. The van der Waals surface area contributed by atoms with Crippen LogP contribution in [-0.4, -0.2) is 19.6 Å².